The van der Waals surface area contributed by atoms with Crippen molar-refractivity contribution >= 4 is 69.0 Å². The van der Waals surface area contributed by atoms with Gasteiger partial charge in [-0.05, 0) is 23.3 Å². The normalized spacial score (nSPS) is 10.9. The third-order valence-corrected chi connectivity index (χ3v) is 8.05. The van der Waals surface area contributed by atoms with Crippen LogP contribution in [0.3, 0.4) is 0 Å². The maximum absolute atomic E-state index is 6.05. The van der Waals surface area contributed by atoms with Gasteiger partial charge in [0.25, 0.3) is 0 Å². The summed E-state index contributed by atoms with van der Waals surface area (Å²) in [5.74, 6) is 2.37. The summed E-state index contributed by atoms with van der Waals surface area (Å²) in [5, 5.41) is 5.09. The fraction of sp³-hybridized carbons (Fsp3) is 0.0667. The SMILES string of the molecule is Clc1nc(SCc2ccccc2)nc2nc[nH]c12.c1ccc(CSc2nc(Nc3ccccc3)c3[nH]cnc3n2)cc1. The summed E-state index contributed by atoms with van der Waals surface area (Å²) in [6.07, 6.45) is 3.21. The molecule has 0 saturated carbocycles. The largest absolute Gasteiger partial charge is 0.341 e. The lowest BCUT2D eigenvalue weighted by Crippen LogP contribution is -1.98. The van der Waals surface area contributed by atoms with E-state index >= 15 is 0 Å². The standard InChI is InChI=1S/C18H15N5S.C12H9ClN4S/c1-3-7-13(8-4-1)11-24-18-22-16-15(19-12-20-16)17(23-18)21-14-9-5-2-6-10-14;13-10-9-11(15-7-14-9)17-12(16-10)18-6-8-4-2-1-3-5-8/h1-10,12H,11H2,(H2,19,20,21,22,23);1-5,7H,6H2,(H,14,15,16,17). The fourth-order valence-electron chi connectivity index (χ4n) is 3.91. The van der Waals surface area contributed by atoms with Gasteiger partial charge >= 0.3 is 0 Å². The maximum atomic E-state index is 6.05. The van der Waals surface area contributed by atoms with E-state index < -0.39 is 0 Å². The van der Waals surface area contributed by atoms with E-state index in [4.69, 9.17) is 11.6 Å². The molecular formula is C30H24ClN9S2. The van der Waals surface area contributed by atoms with Gasteiger partial charge < -0.3 is 15.3 Å². The first-order chi connectivity index (χ1) is 20.7. The number of anilines is 2. The van der Waals surface area contributed by atoms with E-state index in [0.717, 1.165) is 28.5 Å². The number of aromatic nitrogens is 8. The second-order valence-electron chi connectivity index (χ2n) is 8.89. The summed E-state index contributed by atoms with van der Waals surface area (Å²) >= 11 is 9.20. The molecule has 9 nitrogen and oxygen atoms in total. The Morgan fingerprint density at radius 1 is 0.595 bits per heavy atom. The zero-order valence-corrected chi connectivity index (χ0v) is 24.5. The number of hydrogen-bond donors (Lipinski definition) is 3. The lowest BCUT2D eigenvalue weighted by molar-refractivity contribution is 0.993. The Bertz CT molecular complexity index is 1880. The number of halogens is 1. The molecule has 3 N–H and O–H groups in total. The Morgan fingerprint density at radius 2 is 1.10 bits per heavy atom. The van der Waals surface area contributed by atoms with Crippen LogP contribution in [0.15, 0.2) is 114 Å². The Morgan fingerprint density at radius 3 is 1.69 bits per heavy atom. The van der Waals surface area contributed by atoms with E-state index in [1.54, 1.807) is 36.2 Å². The van der Waals surface area contributed by atoms with E-state index in [1.165, 1.54) is 11.1 Å². The molecular weight excluding hydrogens is 586 g/mol. The molecule has 0 aliphatic carbocycles. The smallest absolute Gasteiger partial charge is 0.192 e. The van der Waals surface area contributed by atoms with Gasteiger partial charge in [0.1, 0.15) is 11.0 Å². The molecule has 12 heteroatoms. The lowest BCUT2D eigenvalue weighted by Gasteiger charge is -2.08. The molecule has 0 bridgehead atoms. The van der Waals surface area contributed by atoms with Crippen molar-refractivity contribution in [2.75, 3.05) is 5.32 Å². The van der Waals surface area contributed by atoms with Crippen LogP contribution in [0.4, 0.5) is 11.5 Å². The van der Waals surface area contributed by atoms with Gasteiger partial charge in [-0.3, -0.25) is 0 Å². The summed E-state index contributed by atoms with van der Waals surface area (Å²) in [5.41, 5.74) is 6.20. The molecule has 7 rings (SSSR count). The molecule has 0 fully saturated rings. The molecule has 0 saturated heterocycles. The molecule has 0 radical (unpaired) electrons. The van der Waals surface area contributed by atoms with Crippen LogP contribution in [-0.2, 0) is 11.5 Å². The van der Waals surface area contributed by atoms with E-state index in [2.05, 4.69) is 69.5 Å². The minimum Gasteiger partial charge on any atom is -0.341 e. The number of H-pyrrole nitrogens is 2. The van der Waals surface area contributed by atoms with Crippen molar-refractivity contribution in [1.82, 2.24) is 39.9 Å². The van der Waals surface area contributed by atoms with Gasteiger partial charge in [-0.25, -0.2) is 29.9 Å². The van der Waals surface area contributed by atoms with Crippen LogP contribution in [0.5, 0.6) is 0 Å². The number of para-hydroxylation sites is 1. The highest BCUT2D eigenvalue weighted by molar-refractivity contribution is 7.98. The Kier molecular flexibility index (Phi) is 8.89. The molecule has 7 aromatic rings. The Labute approximate surface area is 255 Å². The van der Waals surface area contributed by atoms with Crippen molar-refractivity contribution < 1.29 is 0 Å². The maximum Gasteiger partial charge on any atom is 0.192 e. The van der Waals surface area contributed by atoms with Crippen LogP contribution in [0, 0.1) is 0 Å². The van der Waals surface area contributed by atoms with Crippen LogP contribution in [0.2, 0.25) is 5.15 Å². The summed E-state index contributed by atoms with van der Waals surface area (Å²) in [6.45, 7) is 0. The quantitative estimate of drug-likeness (QED) is 0.0904. The zero-order chi connectivity index (χ0) is 28.6. The van der Waals surface area contributed by atoms with Crippen LogP contribution >= 0.6 is 35.1 Å². The molecule has 0 amide bonds. The average molecular weight is 610 g/mol. The lowest BCUT2D eigenvalue weighted by atomic mass is 10.2. The molecule has 4 heterocycles. The number of rotatable bonds is 8. The van der Waals surface area contributed by atoms with Gasteiger partial charge in [0, 0.05) is 17.2 Å². The van der Waals surface area contributed by atoms with E-state index in [1.807, 2.05) is 66.7 Å². The molecule has 42 heavy (non-hydrogen) atoms. The van der Waals surface area contributed by atoms with Crippen molar-refractivity contribution in [3.63, 3.8) is 0 Å². The number of hydrogen-bond acceptors (Lipinski definition) is 9. The molecule has 0 spiro atoms. The highest BCUT2D eigenvalue weighted by atomic mass is 35.5. The zero-order valence-electron chi connectivity index (χ0n) is 22.1. The van der Waals surface area contributed by atoms with Gasteiger partial charge in [-0.15, -0.1) is 0 Å². The fourth-order valence-corrected chi connectivity index (χ4v) is 5.77. The van der Waals surface area contributed by atoms with Crippen LogP contribution in [0.1, 0.15) is 11.1 Å². The molecule has 4 aromatic heterocycles. The summed E-state index contributed by atoms with van der Waals surface area (Å²) < 4.78 is 0. The van der Waals surface area contributed by atoms with Gasteiger partial charge in [-0.2, -0.15) is 0 Å². The topological polar surface area (TPSA) is 121 Å². The number of imidazole rings is 2. The predicted octanol–water partition coefficient (Wildman–Crippen LogP) is 7.69. The van der Waals surface area contributed by atoms with Crippen molar-refractivity contribution in [2.24, 2.45) is 0 Å². The Hall–Kier alpha value is -4.45. The first-order valence-corrected chi connectivity index (χ1v) is 15.3. The number of nitrogens with one attached hydrogen (secondary N) is 3. The van der Waals surface area contributed by atoms with E-state index in [-0.39, 0.29) is 0 Å². The number of fused-ring (bicyclic) bond motifs is 2. The minimum atomic E-state index is 0.410. The molecule has 0 atom stereocenters. The van der Waals surface area contributed by atoms with Gasteiger partial charge in [0.15, 0.2) is 32.6 Å². The third-order valence-electron chi connectivity index (χ3n) is 5.94. The first-order valence-electron chi connectivity index (χ1n) is 12.9. The molecule has 3 aromatic carbocycles. The number of thioether (sulfide) groups is 2. The number of nitrogens with zero attached hydrogens (tertiary/aromatic N) is 6. The molecule has 208 valence electrons. The molecule has 0 unspecified atom stereocenters. The van der Waals surface area contributed by atoms with Crippen molar-refractivity contribution in [3.8, 4) is 0 Å². The minimum absolute atomic E-state index is 0.410. The first kappa shape index (κ1) is 27.7. The number of aromatic amines is 2. The molecule has 0 aliphatic heterocycles. The van der Waals surface area contributed by atoms with Gasteiger partial charge in [-0.1, -0.05) is 114 Å². The van der Waals surface area contributed by atoms with Crippen molar-refractivity contribution in [3.05, 3.63) is 120 Å². The summed E-state index contributed by atoms with van der Waals surface area (Å²) in [6, 6.07) is 30.4. The van der Waals surface area contributed by atoms with Crippen LogP contribution < -0.4 is 5.32 Å². The highest BCUT2D eigenvalue weighted by Gasteiger charge is 2.11. The number of benzene rings is 3. The Balaban J connectivity index is 0.000000157. The van der Waals surface area contributed by atoms with Crippen molar-refractivity contribution in [2.45, 2.75) is 21.8 Å². The van der Waals surface area contributed by atoms with Crippen molar-refractivity contribution in [1.29, 1.82) is 0 Å². The van der Waals surface area contributed by atoms with E-state index in [0.29, 0.717) is 32.3 Å². The van der Waals surface area contributed by atoms with Gasteiger partial charge in [0.2, 0.25) is 0 Å². The monoisotopic (exact) mass is 609 g/mol. The summed E-state index contributed by atoms with van der Waals surface area (Å²) in [4.78, 5) is 32.1. The van der Waals surface area contributed by atoms with Crippen LogP contribution in [0.25, 0.3) is 22.3 Å². The second-order valence-corrected chi connectivity index (χ2v) is 11.1. The van der Waals surface area contributed by atoms with Crippen LogP contribution in [-0.4, -0.2) is 39.9 Å². The van der Waals surface area contributed by atoms with E-state index in [9.17, 15) is 0 Å². The second kappa shape index (κ2) is 13.5. The third kappa shape index (κ3) is 7.06. The summed E-state index contributed by atoms with van der Waals surface area (Å²) in [7, 11) is 0. The predicted molar refractivity (Wildman–Crippen MR) is 170 cm³/mol. The van der Waals surface area contributed by atoms with Gasteiger partial charge in [0.05, 0.1) is 12.7 Å². The highest BCUT2D eigenvalue weighted by Crippen LogP contribution is 2.27. The molecule has 0 aliphatic rings. The average Bonchev–Trinajstić information content (AvgIpc) is 3.71.